The molecule has 3 aromatic rings. The van der Waals surface area contributed by atoms with Crippen LogP contribution in [0.3, 0.4) is 0 Å². The Morgan fingerprint density at radius 1 is 1.18 bits per heavy atom. The van der Waals surface area contributed by atoms with Crippen LogP contribution in [-0.4, -0.2) is 28.8 Å². The minimum absolute atomic E-state index is 0.0445. The molecule has 1 saturated carbocycles. The van der Waals surface area contributed by atoms with Gasteiger partial charge in [0.25, 0.3) is 0 Å². The Hall–Kier alpha value is -3.27. The molecule has 0 radical (unpaired) electrons. The number of ether oxygens (including phenoxy) is 2. The molecule has 0 spiro atoms. The van der Waals surface area contributed by atoms with Crippen molar-refractivity contribution in [3.05, 3.63) is 56.2 Å². The number of aromatic nitrogens is 1. The Bertz CT molecular complexity index is 1500. The summed E-state index contributed by atoms with van der Waals surface area (Å²) in [4.78, 5) is 39.4. The highest BCUT2D eigenvalue weighted by Gasteiger charge is 2.32. The van der Waals surface area contributed by atoms with Crippen LogP contribution in [0, 0.1) is 11.6 Å². The van der Waals surface area contributed by atoms with Gasteiger partial charge in [0.15, 0.2) is 5.82 Å². The molecule has 7 nitrogen and oxygen atoms in total. The minimum Gasteiger partial charge on any atom is -0.462 e. The molecule has 0 bridgehead atoms. The lowest BCUT2D eigenvalue weighted by Gasteiger charge is -2.26. The predicted octanol–water partition coefficient (Wildman–Crippen LogP) is 6.42. The first-order valence-electron chi connectivity index (χ1n) is 12.8. The van der Waals surface area contributed by atoms with Crippen LogP contribution in [-0.2, 0) is 15.9 Å². The molecule has 1 N–H and O–H groups in total. The van der Waals surface area contributed by atoms with E-state index in [1.54, 1.807) is 33.8 Å². The first kappa shape index (κ1) is 26.3. The third-order valence-corrected chi connectivity index (χ3v) is 7.94. The first-order chi connectivity index (χ1) is 18.0. The molecule has 2 aromatic heterocycles. The fourth-order valence-corrected chi connectivity index (χ4v) is 6.21. The van der Waals surface area contributed by atoms with Crippen LogP contribution in [0.2, 0.25) is 0 Å². The number of thiophene rings is 1. The van der Waals surface area contributed by atoms with Crippen molar-refractivity contribution in [2.75, 3.05) is 6.61 Å². The van der Waals surface area contributed by atoms with E-state index in [2.05, 4.69) is 5.32 Å². The molecule has 5 rings (SSSR count). The summed E-state index contributed by atoms with van der Waals surface area (Å²) in [6.07, 6.45) is 4.53. The fourth-order valence-electron chi connectivity index (χ4n) is 4.93. The van der Waals surface area contributed by atoms with Crippen LogP contribution in [0.1, 0.15) is 86.3 Å². The van der Waals surface area contributed by atoms with Crippen molar-refractivity contribution in [1.82, 2.24) is 9.88 Å². The maximum absolute atomic E-state index is 16.2. The molecular formula is C28H30F2N2O5S. The van der Waals surface area contributed by atoms with E-state index < -0.39 is 40.1 Å². The number of halogens is 2. The normalized spacial score (nSPS) is 17.3. The van der Waals surface area contributed by atoms with Crippen molar-refractivity contribution in [3.8, 4) is 10.4 Å². The molecule has 2 heterocycles. The molecule has 38 heavy (non-hydrogen) atoms. The van der Waals surface area contributed by atoms with Crippen molar-refractivity contribution in [1.29, 1.82) is 0 Å². The summed E-state index contributed by atoms with van der Waals surface area (Å²) in [5.41, 5.74) is -1.07. The summed E-state index contributed by atoms with van der Waals surface area (Å²) < 4.78 is 43.6. The minimum atomic E-state index is -0.892. The van der Waals surface area contributed by atoms with Gasteiger partial charge in [0.1, 0.15) is 17.0 Å². The van der Waals surface area contributed by atoms with Gasteiger partial charge in [-0.25, -0.2) is 18.4 Å². The second kappa shape index (κ2) is 9.80. The molecule has 1 unspecified atom stereocenters. The summed E-state index contributed by atoms with van der Waals surface area (Å²) in [7, 11) is 0. The predicted molar refractivity (Wildman–Crippen MR) is 141 cm³/mol. The number of rotatable bonds is 5. The number of nitrogens with zero attached hydrogens (tertiary/aromatic N) is 1. The van der Waals surface area contributed by atoms with Crippen LogP contribution < -0.4 is 10.7 Å². The average molecular weight is 545 g/mol. The van der Waals surface area contributed by atoms with E-state index >= 15 is 8.78 Å². The van der Waals surface area contributed by atoms with Crippen LogP contribution in [0.4, 0.5) is 13.6 Å². The number of benzene rings is 1. The molecule has 202 valence electrons. The van der Waals surface area contributed by atoms with Gasteiger partial charge in [-0.2, -0.15) is 0 Å². The summed E-state index contributed by atoms with van der Waals surface area (Å²) in [5.74, 6) is -2.46. The smallest absolute Gasteiger partial charge is 0.408 e. The molecule has 2 aliphatic carbocycles. The van der Waals surface area contributed by atoms with Gasteiger partial charge in [-0.1, -0.05) is 0 Å². The maximum Gasteiger partial charge on any atom is 0.408 e. The van der Waals surface area contributed by atoms with Crippen molar-refractivity contribution >= 4 is 34.3 Å². The Morgan fingerprint density at radius 2 is 1.92 bits per heavy atom. The number of pyridine rings is 1. The molecule has 1 fully saturated rings. The van der Waals surface area contributed by atoms with Crippen molar-refractivity contribution in [3.63, 3.8) is 0 Å². The lowest BCUT2D eigenvalue weighted by Crippen LogP contribution is -2.35. The number of carbonyl (C=O) groups is 2. The zero-order chi connectivity index (χ0) is 27.4. The molecular weight excluding hydrogens is 514 g/mol. The second-order valence-electron chi connectivity index (χ2n) is 10.8. The molecule has 1 atom stereocenters. The third-order valence-electron chi connectivity index (χ3n) is 6.69. The number of alkyl carbamates (subject to hydrolysis) is 1. The standard InChI is InChI=1S/C28H30F2N2O5S/c1-5-36-26(34)17-13-32(14-9-10-14)24-22(25(17)33)18(29)11-16(23(24)30)21-12-15-19(7-6-8-20(15)38-21)31-27(35)37-28(2,3)4/h11-14,19H,5-10H2,1-4H3,(H,31,35). The number of fused-ring (bicyclic) bond motifs is 2. The van der Waals surface area contributed by atoms with Crippen LogP contribution in [0.15, 0.2) is 23.1 Å². The van der Waals surface area contributed by atoms with Gasteiger partial charge in [-0.15, -0.1) is 11.3 Å². The van der Waals surface area contributed by atoms with Crippen molar-refractivity contribution in [2.45, 2.75) is 77.5 Å². The lowest BCUT2D eigenvalue weighted by molar-refractivity contribution is 0.0495. The Balaban J connectivity index is 1.60. The fraction of sp³-hybridized carbons (Fsp3) is 0.464. The Labute approximate surface area is 222 Å². The van der Waals surface area contributed by atoms with E-state index in [1.807, 2.05) is 0 Å². The molecule has 0 aliphatic heterocycles. The number of nitrogens with one attached hydrogen (secondary N) is 1. The summed E-state index contributed by atoms with van der Waals surface area (Å²) >= 11 is 1.35. The second-order valence-corrected chi connectivity index (χ2v) is 11.9. The van der Waals surface area contributed by atoms with Gasteiger partial charge in [-0.3, -0.25) is 4.79 Å². The number of hydrogen-bond donors (Lipinski definition) is 1. The summed E-state index contributed by atoms with van der Waals surface area (Å²) in [6.45, 7) is 7.03. The van der Waals surface area contributed by atoms with E-state index in [0.717, 1.165) is 42.2 Å². The zero-order valence-corrected chi connectivity index (χ0v) is 22.6. The molecule has 1 amide bonds. The van der Waals surface area contributed by atoms with E-state index in [0.29, 0.717) is 11.3 Å². The average Bonchev–Trinajstić information content (AvgIpc) is 3.58. The maximum atomic E-state index is 16.2. The summed E-state index contributed by atoms with van der Waals surface area (Å²) in [6, 6.07) is 2.38. The highest BCUT2D eigenvalue weighted by Crippen LogP contribution is 2.44. The zero-order valence-electron chi connectivity index (χ0n) is 21.8. The number of amides is 1. The van der Waals surface area contributed by atoms with Crippen molar-refractivity contribution < 1.29 is 27.8 Å². The highest BCUT2D eigenvalue weighted by molar-refractivity contribution is 7.15. The highest BCUT2D eigenvalue weighted by atomic mass is 32.1. The number of hydrogen-bond acceptors (Lipinski definition) is 6. The largest absolute Gasteiger partial charge is 0.462 e. The summed E-state index contributed by atoms with van der Waals surface area (Å²) in [5, 5.41) is 2.46. The van der Waals surface area contributed by atoms with Crippen LogP contribution >= 0.6 is 11.3 Å². The van der Waals surface area contributed by atoms with Crippen LogP contribution in [0.5, 0.6) is 0 Å². The van der Waals surface area contributed by atoms with E-state index in [1.165, 1.54) is 22.1 Å². The number of aryl methyl sites for hydroxylation is 1. The monoisotopic (exact) mass is 544 g/mol. The van der Waals surface area contributed by atoms with E-state index in [9.17, 15) is 14.4 Å². The van der Waals surface area contributed by atoms with Gasteiger partial charge >= 0.3 is 12.1 Å². The third kappa shape index (κ3) is 4.93. The van der Waals surface area contributed by atoms with Gasteiger partial charge < -0.3 is 19.4 Å². The number of carbonyl (C=O) groups excluding carboxylic acids is 2. The Morgan fingerprint density at radius 3 is 2.58 bits per heavy atom. The topological polar surface area (TPSA) is 86.6 Å². The van der Waals surface area contributed by atoms with Gasteiger partial charge in [0, 0.05) is 27.6 Å². The SMILES string of the molecule is CCOC(=O)c1cn(C2CC2)c2c(F)c(-c3cc4c(s3)CCCC4NC(=O)OC(C)(C)C)cc(F)c2c1=O. The van der Waals surface area contributed by atoms with E-state index in [-0.39, 0.29) is 35.3 Å². The van der Waals surface area contributed by atoms with E-state index in [4.69, 9.17) is 9.47 Å². The quantitative estimate of drug-likeness (QED) is 0.375. The van der Waals surface area contributed by atoms with Gasteiger partial charge in [0.2, 0.25) is 5.43 Å². The molecule has 1 aromatic carbocycles. The van der Waals surface area contributed by atoms with Gasteiger partial charge in [0.05, 0.1) is 23.6 Å². The van der Waals surface area contributed by atoms with Crippen LogP contribution in [0.25, 0.3) is 21.3 Å². The number of esters is 1. The van der Waals surface area contributed by atoms with Crippen molar-refractivity contribution in [2.24, 2.45) is 0 Å². The molecule has 10 heteroatoms. The first-order valence-corrected chi connectivity index (χ1v) is 13.7. The molecule has 2 aliphatic rings. The Kier molecular flexibility index (Phi) is 6.79. The molecule has 0 saturated heterocycles. The lowest BCUT2D eigenvalue weighted by atomic mass is 9.93. The van der Waals surface area contributed by atoms with Gasteiger partial charge in [-0.05, 0) is 77.5 Å².